The third-order valence-electron chi connectivity index (χ3n) is 3.03. The van der Waals surface area contributed by atoms with Gasteiger partial charge in [0, 0.05) is 17.8 Å². The molecule has 0 aliphatic heterocycles. The quantitative estimate of drug-likeness (QED) is 0.874. The lowest BCUT2D eigenvalue weighted by molar-refractivity contribution is 0.359. The fourth-order valence-corrected chi connectivity index (χ4v) is 3.33. The molecular formula is C15H16FNO5S. The van der Waals surface area contributed by atoms with E-state index in [1.54, 1.807) is 0 Å². The largest absolute Gasteiger partial charge is 0.496 e. The van der Waals surface area contributed by atoms with E-state index in [0.29, 0.717) is 5.75 Å². The van der Waals surface area contributed by atoms with Crippen molar-refractivity contribution in [3.8, 4) is 17.2 Å². The number of anilines is 1. The van der Waals surface area contributed by atoms with E-state index < -0.39 is 15.8 Å². The van der Waals surface area contributed by atoms with Gasteiger partial charge in [0.1, 0.15) is 23.1 Å². The number of nitrogens with one attached hydrogen (secondary N) is 1. The summed E-state index contributed by atoms with van der Waals surface area (Å²) in [5, 5.41) is 0. The maximum absolute atomic E-state index is 12.9. The first-order valence-electron chi connectivity index (χ1n) is 6.49. The van der Waals surface area contributed by atoms with Gasteiger partial charge in [0.25, 0.3) is 10.0 Å². The SMILES string of the molecule is COc1cc(OC)c(S(=O)(=O)Nc2ccc(F)cc2)c(OC)c1. The van der Waals surface area contributed by atoms with E-state index in [2.05, 4.69) is 4.72 Å². The highest BCUT2D eigenvalue weighted by Gasteiger charge is 2.26. The van der Waals surface area contributed by atoms with Gasteiger partial charge in [-0.3, -0.25) is 4.72 Å². The Morgan fingerprint density at radius 1 is 0.913 bits per heavy atom. The second-order valence-electron chi connectivity index (χ2n) is 4.47. The molecule has 0 fully saturated rings. The number of halogens is 1. The monoisotopic (exact) mass is 341 g/mol. The summed E-state index contributed by atoms with van der Waals surface area (Å²) in [4.78, 5) is -0.173. The van der Waals surface area contributed by atoms with Crippen LogP contribution in [-0.2, 0) is 10.0 Å². The van der Waals surface area contributed by atoms with Crippen LogP contribution in [0.1, 0.15) is 0 Å². The topological polar surface area (TPSA) is 73.9 Å². The van der Waals surface area contributed by atoms with E-state index >= 15 is 0 Å². The standard InChI is InChI=1S/C15H16FNO5S/c1-20-12-8-13(21-2)15(14(9-12)22-3)23(18,19)17-11-6-4-10(16)5-7-11/h4-9,17H,1-3H3. The van der Waals surface area contributed by atoms with Crippen LogP contribution in [0.4, 0.5) is 10.1 Å². The molecule has 0 bridgehead atoms. The number of rotatable bonds is 6. The van der Waals surface area contributed by atoms with Crippen molar-refractivity contribution in [2.24, 2.45) is 0 Å². The van der Waals surface area contributed by atoms with Crippen LogP contribution in [0.5, 0.6) is 17.2 Å². The number of sulfonamides is 1. The van der Waals surface area contributed by atoms with Gasteiger partial charge in [0.15, 0.2) is 4.90 Å². The van der Waals surface area contributed by atoms with Gasteiger partial charge in [-0.25, -0.2) is 12.8 Å². The minimum atomic E-state index is -4.01. The molecule has 0 spiro atoms. The summed E-state index contributed by atoms with van der Waals surface area (Å²) in [5.41, 5.74) is 0.214. The lowest BCUT2D eigenvalue weighted by atomic mass is 10.3. The van der Waals surface area contributed by atoms with Crippen molar-refractivity contribution in [1.29, 1.82) is 0 Å². The van der Waals surface area contributed by atoms with E-state index in [9.17, 15) is 12.8 Å². The molecule has 0 atom stereocenters. The Balaban J connectivity index is 2.51. The van der Waals surface area contributed by atoms with E-state index in [1.807, 2.05) is 0 Å². The number of ether oxygens (including phenoxy) is 3. The summed E-state index contributed by atoms with van der Waals surface area (Å²) in [6.07, 6.45) is 0. The van der Waals surface area contributed by atoms with Crippen molar-refractivity contribution in [2.75, 3.05) is 26.1 Å². The Labute approximate surface area is 133 Å². The fourth-order valence-electron chi connectivity index (χ4n) is 1.96. The molecule has 2 rings (SSSR count). The fraction of sp³-hybridized carbons (Fsp3) is 0.200. The van der Waals surface area contributed by atoms with Crippen molar-refractivity contribution in [3.63, 3.8) is 0 Å². The molecule has 0 aliphatic carbocycles. The summed E-state index contributed by atoms with van der Waals surface area (Å²) in [6.45, 7) is 0. The summed E-state index contributed by atoms with van der Waals surface area (Å²) >= 11 is 0. The van der Waals surface area contributed by atoms with Gasteiger partial charge in [-0.1, -0.05) is 0 Å². The Bertz CT molecular complexity index is 765. The predicted octanol–water partition coefficient (Wildman–Crippen LogP) is 2.65. The van der Waals surface area contributed by atoms with Gasteiger partial charge in [-0.05, 0) is 24.3 Å². The Morgan fingerprint density at radius 3 is 1.87 bits per heavy atom. The van der Waals surface area contributed by atoms with Crippen LogP contribution in [0, 0.1) is 5.82 Å². The second-order valence-corrected chi connectivity index (χ2v) is 6.09. The molecule has 0 heterocycles. The van der Waals surface area contributed by atoms with Gasteiger partial charge in [0.05, 0.1) is 21.3 Å². The van der Waals surface area contributed by atoms with Crippen LogP contribution in [0.2, 0.25) is 0 Å². The average molecular weight is 341 g/mol. The smallest absolute Gasteiger partial charge is 0.269 e. The maximum atomic E-state index is 12.9. The van der Waals surface area contributed by atoms with Crippen molar-refractivity contribution in [1.82, 2.24) is 0 Å². The van der Waals surface area contributed by atoms with Crippen molar-refractivity contribution in [2.45, 2.75) is 4.90 Å². The van der Waals surface area contributed by atoms with Gasteiger partial charge in [0.2, 0.25) is 0 Å². The average Bonchev–Trinajstić information content (AvgIpc) is 2.55. The van der Waals surface area contributed by atoms with E-state index in [-0.39, 0.29) is 22.1 Å². The molecule has 0 saturated carbocycles. The maximum Gasteiger partial charge on any atom is 0.269 e. The molecule has 0 saturated heterocycles. The third-order valence-corrected chi connectivity index (χ3v) is 4.48. The lowest BCUT2D eigenvalue weighted by Crippen LogP contribution is -2.15. The number of hydrogen-bond donors (Lipinski definition) is 1. The molecule has 2 aromatic carbocycles. The van der Waals surface area contributed by atoms with Crippen molar-refractivity contribution in [3.05, 3.63) is 42.2 Å². The zero-order valence-electron chi connectivity index (χ0n) is 12.8. The van der Waals surface area contributed by atoms with Crippen molar-refractivity contribution >= 4 is 15.7 Å². The van der Waals surface area contributed by atoms with E-state index in [4.69, 9.17) is 14.2 Å². The van der Waals surface area contributed by atoms with Crippen LogP contribution in [0.3, 0.4) is 0 Å². The molecule has 0 aliphatic rings. The zero-order chi connectivity index (χ0) is 17.0. The van der Waals surface area contributed by atoms with Gasteiger partial charge in [-0.2, -0.15) is 0 Å². The summed E-state index contributed by atoms with van der Waals surface area (Å²) in [7, 11) is 0.106. The minimum absolute atomic E-state index is 0.0656. The van der Waals surface area contributed by atoms with Gasteiger partial charge < -0.3 is 14.2 Å². The number of benzene rings is 2. The van der Waals surface area contributed by atoms with Crippen LogP contribution in [0.15, 0.2) is 41.3 Å². The number of methoxy groups -OCH3 is 3. The second kappa shape index (κ2) is 6.74. The molecule has 6 nitrogen and oxygen atoms in total. The minimum Gasteiger partial charge on any atom is -0.496 e. The molecule has 0 radical (unpaired) electrons. The third kappa shape index (κ3) is 3.65. The highest BCUT2D eigenvalue weighted by molar-refractivity contribution is 7.93. The van der Waals surface area contributed by atoms with Gasteiger partial charge >= 0.3 is 0 Å². The molecule has 1 N–H and O–H groups in total. The summed E-state index contributed by atoms with van der Waals surface area (Å²) in [6, 6.07) is 7.80. The molecule has 124 valence electrons. The lowest BCUT2D eigenvalue weighted by Gasteiger charge is -2.16. The number of hydrogen-bond acceptors (Lipinski definition) is 5. The van der Waals surface area contributed by atoms with Crippen LogP contribution in [-0.4, -0.2) is 29.7 Å². The molecule has 0 aromatic heterocycles. The zero-order valence-corrected chi connectivity index (χ0v) is 13.6. The molecular weight excluding hydrogens is 325 g/mol. The first-order valence-corrected chi connectivity index (χ1v) is 7.98. The highest BCUT2D eigenvalue weighted by Crippen LogP contribution is 2.38. The molecule has 8 heteroatoms. The van der Waals surface area contributed by atoms with Crippen molar-refractivity contribution < 1.29 is 27.0 Å². The summed E-state index contributed by atoms with van der Waals surface area (Å²) < 4.78 is 55.9. The normalized spacial score (nSPS) is 11.0. The highest BCUT2D eigenvalue weighted by atomic mass is 32.2. The first-order chi connectivity index (χ1) is 10.9. The molecule has 0 amide bonds. The molecule has 23 heavy (non-hydrogen) atoms. The van der Waals surface area contributed by atoms with E-state index in [0.717, 1.165) is 12.1 Å². The molecule has 2 aromatic rings. The van der Waals surface area contributed by atoms with Crippen LogP contribution in [0.25, 0.3) is 0 Å². The van der Waals surface area contributed by atoms with E-state index in [1.165, 1.54) is 45.6 Å². The van der Waals surface area contributed by atoms with Crippen LogP contribution >= 0.6 is 0 Å². The Hall–Kier alpha value is -2.48. The molecule has 0 unspecified atom stereocenters. The predicted molar refractivity (Wildman–Crippen MR) is 83.3 cm³/mol. The Morgan fingerprint density at radius 2 is 1.43 bits per heavy atom. The Kier molecular flexibility index (Phi) is 4.95. The first kappa shape index (κ1) is 16.9. The summed E-state index contributed by atoms with van der Waals surface area (Å²) in [5.74, 6) is 0.0543. The van der Waals surface area contributed by atoms with Crippen LogP contribution < -0.4 is 18.9 Å². The van der Waals surface area contributed by atoms with Gasteiger partial charge in [-0.15, -0.1) is 0 Å².